The highest BCUT2D eigenvalue weighted by Crippen LogP contribution is 2.33. The number of anilines is 1. The van der Waals surface area contributed by atoms with Crippen LogP contribution in [0.3, 0.4) is 0 Å². The van der Waals surface area contributed by atoms with Crippen molar-refractivity contribution in [3.63, 3.8) is 0 Å². The quantitative estimate of drug-likeness (QED) is 0.855. The molecule has 0 radical (unpaired) electrons. The van der Waals surface area contributed by atoms with Gasteiger partial charge in [0, 0.05) is 25.3 Å². The summed E-state index contributed by atoms with van der Waals surface area (Å²) in [5.74, 6) is 1.11. The number of morpholine rings is 1. The second-order valence-electron chi connectivity index (χ2n) is 6.14. The number of piperidine rings is 1. The minimum atomic E-state index is 0.565. The van der Waals surface area contributed by atoms with Crippen molar-refractivity contribution in [1.82, 2.24) is 9.88 Å². The number of pyridine rings is 1. The molecule has 1 atom stereocenters. The molecule has 3 rings (SSSR count). The van der Waals surface area contributed by atoms with Crippen molar-refractivity contribution in [2.75, 3.05) is 44.3 Å². The summed E-state index contributed by atoms with van der Waals surface area (Å²) in [6.45, 7) is 10.4. The first-order chi connectivity index (χ1) is 10.3. The molecule has 0 spiro atoms. The highest BCUT2D eigenvalue weighted by molar-refractivity contribution is 5.44. The first kappa shape index (κ1) is 14.8. The molecule has 0 saturated carbocycles. The van der Waals surface area contributed by atoms with Gasteiger partial charge in [-0.3, -0.25) is 4.90 Å². The van der Waals surface area contributed by atoms with E-state index in [9.17, 15) is 0 Å². The highest BCUT2D eigenvalue weighted by Gasteiger charge is 2.24. The maximum atomic E-state index is 5.42. The standard InChI is InChI=1S/C17H27N3O/c1-3-19-7-5-4-6-16(19)15-13-18-17(12-14(15)2)20-8-10-21-11-9-20/h12-13,16H,3-11H2,1-2H3/t16-/m0/s1. The SMILES string of the molecule is CCN1CCCC[C@H]1c1cnc(N2CCOCC2)cc1C. The first-order valence-electron chi connectivity index (χ1n) is 8.33. The molecule has 116 valence electrons. The predicted molar refractivity (Wildman–Crippen MR) is 85.8 cm³/mol. The van der Waals surface area contributed by atoms with Crippen molar-refractivity contribution in [3.05, 3.63) is 23.4 Å². The minimum Gasteiger partial charge on any atom is -0.378 e. The summed E-state index contributed by atoms with van der Waals surface area (Å²) >= 11 is 0. The molecule has 2 aliphatic rings. The van der Waals surface area contributed by atoms with Crippen LogP contribution in [0.5, 0.6) is 0 Å². The normalized spacial score (nSPS) is 24.3. The van der Waals surface area contributed by atoms with Crippen LogP contribution in [0.2, 0.25) is 0 Å². The molecule has 0 aromatic carbocycles. The van der Waals surface area contributed by atoms with Crippen LogP contribution in [-0.2, 0) is 4.74 Å². The molecule has 21 heavy (non-hydrogen) atoms. The van der Waals surface area contributed by atoms with E-state index in [1.807, 2.05) is 0 Å². The molecule has 0 amide bonds. The van der Waals surface area contributed by atoms with E-state index in [2.05, 4.69) is 35.9 Å². The second kappa shape index (κ2) is 6.75. The summed E-state index contributed by atoms with van der Waals surface area (Å²) in [5, 5.41) is 0. The molecule has 4 heteroatoms. The van der Waals surface area contributed by atoms with Gasteiger partial charge in [-0.25, -0.2) is 4.98 Å². The zero-order valence-corrected chi connectivity index (χ0v) is 13.3. The predicted octanol–water partition coefficient (Wildman–Crippen LogP) is 2.77. The first-order valence-corrected chi connectivity index (χ1v) is 8.33. The number of aryl methyl sites for hydroxylation is 1. The maximum absolute atomic E-state index is 5.42. The molecule has 3 heterocycles. The Bertz CT molecular complexity index is 471. The summed E-state index contributed by atoms with van der Waals surface area (Å²) in [7, 11) is 0. The Kier molecular flexibility index (Phi) is 4.76. The van der Waals surface area contributed by atoms with E-state index >= 15 is 0 Å². The third kappa shape index (κ3) is 3.22. The van der Waals surface area contributed by atoms with Crippen LogP contribution in [0.4, 0.5) is 5.82 Å². The summed E-state index contributed by atoms with van der Waals surface area (Å²) in [5.41, 5.74) is 2.81. The third-order valence-corrected chi connectivity index (χ3v) is 4.85. The Morgan fingerprint density at radius 1 is 1.24 bits per heavy atom. The fourth-order valence-electron chi connectivity index (χ4n) is 3.59. The average molecular weight is 289 g/mol. The van der Waals surface area contributed by atoms with Gasteiger partial charge < -0.3 is 9.64 Å². The molecule has 0 N–H and O–H groups in total. The van der Waals surface area contributed by atoms with Crippen LogP contribution in [-0.4, -0.2) is 49.3 Å². The fraction of sp³-hybridized carbons (Fsp3) is 0.706. The van der Waals surface area contributed by atoms with Crippen molar-refractivity contribution in [2.45, 2.75) is 39.2 Å². The van der Waals surface area contributed by atoms with Gasteiger partial charge in [0.05, 0.1) is 13.2 Å². The van der Waals surface area contributed by atoms with E-state index in [4.69, 9.17) is 9.72 Å². The summed E-state index contributed by atoms with van der Waals surface area (Å²) in [6, 6.07) is 2.83. The topological polar surface area (TPSA) is 28.6 Å². The van der Waals surface area contributed by atoms with E-state index in [0.717, 1.165) is 38.7 Å². The van der Waals surface area contributed by atoms with Crippen LogP contribution in [0.25, 0.3) is 0 Å². The summed E-state index contributed by atoms with van der Waals surface area (Å²) in [6.07, 6.45) is 6.07. The zero-order valence-electron chi connectivity index (χ0n) is 13.3. The van der Waals surface area contributed by atoms with Gasteiger partial charge in [-0.15, -0.1) is 0 Å². The Morgan fingerprint density at radius 2 is 2.05 bits per heavy atom. The molecular formula is C17H27N3O. The third-order valence-electron chi connectivity index (χ3n) is 4.85. The van der Waals surface area contributed by atoms with E-state index < -0.39 is 0 Å². The van der Waals surface area contributed by atoms with Crippen LogP contribution in [0, 0.1) is 6.92 Å². The second-order valence-corrected chi connectivity index (χ2v) is 6.14. The van der Waals surface area contributed by atoms with Crippen molar-refractivity contribution in [1.29, 1.82) is 0 Å². The lowest BCUT2D eigenvalue weighted by Crippen LogP contribution is -2.37. The summed E-state index contributed by atoms with van der Waals surface area (Å²) in [4.78, 5) is 9.68. The van der Waals surface area contributed by atoms with Crippen LogP contribution in [0.15, 0.2) is 12.3 Å². The average Bonchev–Trinajstić information content (AvgIpc) is 2.55. The van der Waals surface area contributed by atoms with Gasteiger partial charge in [-0.2, -0.15) is 0 Å². The van der Waals surface area contributed by atoms with Gasteiger partial charge in [0.1, 0.15) is 5.82 Å². The molecule has 2 aliphatic heterocycles. The molecular weight excluding hydrogens is 262 g/mol. The van der Waals surface area contributed by atoms with E-state index in [1.54, 1.807) is 0 Å². The summed E-state index contributed by atoms with van der Waals surface area (Å²) < 4.78 is 5.42. The molecule has 0 aliphatic carbocycles. The van der Waals surface area contributed by atoms with Gasteiger partial charge in [0.25, 0.3) is 0 Å². The van der Waals surface area contributed by atoms with Gasteiger partial charge >= 0.3 is 0 Å². The number of hydrogen-bond donors (Lipinski definition) is 0. The van der Waals surface area contributed by atoms with Crippen molar-refractivity contribution in [3.8, 4) is 0 Å². The number of likely N-dealkylation sites (tertiary alicyclic amines) is 1. The van der Waals surface area contributed by atoms with Crippen molar-refractivity contribution < 1.29 is 4.74 Å². The highest BCUT2D eigenvalue weighted by atomic mass is 16.5. The number of hydrogen-bond acceptors (Lipinski definition) is 4. The van der Waals surface area contributed by atoms with Gasteiger partial charge in [0.15, 0.2) is 0 Å². The Labute approximate surface area is 128 Å². The lowest BCUT2D eigenvalue weighted by Gasteiger charge is -2.36. The fourth-order valence-corrected chi connectivity index (χ4v) is 3.59. The smallest absolute Gasteiger partial charge is 0.128 e. The lowest BCUT2D eigenvalue weighted by molar-refractivity contribution is 0.122. The van der Waals surface area contributed by atoms with E-state index in [1.165, 1.54) is 36.9 Å². The molecule has 0 bridgehead atoms. The largest absolute Gasteiger partial charge is 0.378 e. The lowest BCUT2D eigenvalue weighted by atomic mass is 9.93. The molecule has 2 saturated heterocycles. The van der Waals surface area contributed by atoms with Crippen LogP contribution in [0.1, 0.15) is 43.4 Å². The number of rotatable bonds is 3. The van der Waals surface area contributed by atoms with Gasteiger partial charge in [-0.05, 0) is 50.0 Å². The molecule has 2 fully saturated rings. The Morgan fingerprint density at radius 3 is 2.76 bits per heavy atom. The monoisotopic (exact) mass is 289 g/mol. The number of aromatic nitrogens is 1. The van der Waals surface area contributed by atoms with Crippen LogP contribution < -0.4 is 4.90 Å². The van der Waals surface area contributed by atoms with Crippen molar-refractivity contribution >= 4 is 5.82 Å². The van der Waals surface area contributed by atoms with E-state index in [-0.39, 0.29) is 0 Å². The Balaban J connectivity index is 1.80. The number of ether oxygens (including phenoxy) is 1. The van der Waals surface area contributed by atoms with Crippen LogP contribution >= 0.6 is 0 Å². The maximum Gasteiger partial charge on any atom is 0.128 e. The molecule has 4 nitrogen and oxygen atoms in total. The van der Waals surface area contributed by atoms with Crippen molar-refractivity contribution in [2.24, 2.45) is 0 Å². The molecule has 0 unspecified atom stereocenters. The molecule has 1 aromatic rings. The number of nitrogens with zero attached hydrogens (tertiary/aromatic N) is 3. The van der Waals surface area contributed by atoms with Gasteiger partial charge in [0.2, 0.25) is 0 Å². The Hall–Kier alpha value is -1.13. The zero-order chi connectivity index (χ0) is 14.7. The minimum absolute atomic E-state index is 0.565. The van der Waals surface area contributed by atoms with E-state index in [0.29, 0.717) is 6.04 Å². The van der Waals surface area contributed by atoms with Gasteiger partial charge in [-0.1, -0.05) is 13.3 Å². The molecule has 1 aromatic heterocycles.